The van der Waals surface area contributed by atoms with Crippen molar-refractivity contribution in [3.63, 3.8) is 0 Å². The van der Waals surface area contributed by atoms with Gasteiger partial charge in [0.25, 0.3) is 0 Å². The average molecular weight is 423 g/mol. The Balaban J connectivity index is 1.27. The molecule has 2 aromatic heterocycles. The standard InChI is InChI=1S/C22H26N6OS/c1-16(18-5-4-17-3-2-7-24-21(17)13-18)27-8-10-28(11-9-27)22-25-14-19-15-30(23,29)12-6-20(19)26-22/h2-5,7,13-14,16,23H,6,8-12,15H2,1H3. The van der Waals surface area contributed by atoms with E-state index in [0.717, 1.165) is 48.9 Å². The second kappa shape index (κ2) is 7.59. The zero-order chi connectivity index (χ0) is 20.7. The zero-order valence-electron chi connectivity index (χ0n) is 17.1. The third kappa shape index (κ3) is 3.77. The first-order valence-electron chi connectivity index (χ1n) is 10.4. The van der Waals surface area contributed by atoms with Gasteiger partial charge in [-0.05, 0) is 24.6 Å². The van der Waals surface area contributed by atoms with Gasteiger partial charge in [-0.2, -0.15) is 0 Å². The van der Waals surface area contributed by atoms with Gasteiger partial charge in [0, 0.05) is 77.5 Å². The van der Waals surface area contributed by atoms with Gasteiger partial charge in [-0.3, -0.25) is 14.7 Å². The fourth-order valence-electron chi connectivity index (χ4n) is 4.37. The van der Waals surface area contributed by atoms with Crippen molar-refractivity contribution in [2.24, 2.45) is 0 Å². The normalized spacial score (nSPS) is 23.3. The highest BCUT2D eigenvalue weighted by atomic mass is 32.2. The molecule has 1 aromatic carbocycles. The van der Waals surface area contributed by atoms with Crippen molar-refractivity contribution in [1.82, 2.24) is 19.9 Å². The molecule has 2 aliphatic rings. The van der Waals surface area contributed by atoms with Gasteiger partial charge in [0.05, 0.1) is 17.0 Å². The Kier molecular flexibility index (Phi) is 4.91. The molecule has 4 heterocycles. The minimum absolute atomic E-state index is 0.286. The van der Waals surface area contributed by atoms with Gasteiger partial charge in [0.2, 0.25) is 5.95 Å². The maximum atomic E-state index is 12.0. The second-order valence-electron chi connectivity index (χ2n) is 8.21. The van der Waals surface area contributed by atoms with E-state index in [-0.39, 0.29) is 5.75 Å². The zero-order valence-corrected chi connectivity index (χ0v) is 17.9. The molecule has 0 aliphatic carbocycles. The molecular weight excluding hydrogens is 396 g/mol. The topological polar surface area (TPSA) is 86.1 Å². The number of piperazine rings is 1. The number of fused-ring (bicyclic) bond motifs is 2. The molecule has 1 fully saturated rings. The molecule has 0 radical (unpaired) electrons. The molecule has 2 atom stereocenters. The van der Waals surface area contributed by atoms with Gasteiger partial charge in [-0.1, -0.05) is 18.2 Å². The number of nitrogens with zero attached hydrogens (tertiary/aromatic N) is 5. The van der Waals surface area contributed by atoms with Crippen molar-refractivity contribution in [1.29, 1.82) is 4.78 Å². The van der Waals surface area contributed by atoms with E-state index in [2.05, 4.69) is 51.0 Å². The number of hydrogen-bond acceptors (Lipinski definition) is 7. The molecule has 156 valence electrons. The van der Waals surface area contributed by atoms with E-state index in [1.54, 1.807) is 6.20 Å². The Morgan fingerprint density at radius 3 is 2.80 bits per heavy atom. The Morgan fingerprint density at radius 1 is 1.13 bits per heavy atom. The number of anilines is 1. The molecule has 30 heavy (non-hydrogen) atoms. The third-order valence-electron chi connectivity index (χ3n) is 6.26. The van der Waals surface area contributed by atoms with E-state index in [4.69, 9.17) is 9.76 Å². The van der Waals surface area contributed by atoms with Crippen LogP contribution in [-0.4, -0.2) is 56.0 Å². The van der Waals surface area contributed by atoms with E-state index >= 15 is 0 Å². The van der Waals surface area contributed by atoms with E-state index in [1.165, 1.54) is 10.9 Å². The van der Waals surface area contributed by atoms with E-state index in [0.29, 0.717) is 18.2 Å². The predicted octanol–water partition coefficient (Wildman–Crippen LogP) is 3.01. The van der Waals surface area contributed by atoms with Gasteiger partial charge in [-0.25, -0.2) is 14.2 Å². The van der Waals surface area contributed by atoms with Crippen LogP contribution in [-0.2, 0) is 21.9 Å². The summed E-state index contributed by atoms with van der Waals surface area (Å²) in [6, 6.07) is 10.9. The first-order chi connectivity index (χ1) is 14.5. The van der Waals surface area contributed by atoms with Crippen LogP contribution in [0.5, 0.6) is 0 Å². The van der Waals surface area contributed by atoms with Crippen LogP contribution in [0.4, 0.5) is 5.95 Å². The summed E-state index contributed by atoms with van der Waals surface area (Å²) in [6.45, 7) is 5.91. The van der Waals surface area contributed by atoms with Crippen molar-refractivity contribution in [3.8, 4) is 0 Å². The number of rotatable bonds is 3. The van der Waals surface area contributed by atoms with E-state index in [9.17, 15) is 4.21 Å². The summed E-state index contributed by atoms with van der Waals surface area (Å²) >= 11 is 0. The van der Waals surface area contributed by atoms with Crippen molar-refractivity contribution in [2.75, 3.05) is 36.8 Å². The monoisotopic (exact) mass is 422 g/mol. The Labute approximate surface area is 177 Å². The number of nitrogens with one attached hydrogen (secondary N) is 1. The molecule has 5 rings (SSSR count). The molecular formula is C22H26N6OS. The average Bonchev–Trinajstić information content (AvgIpc) is 2.77. The van der Waals surface area contributed by atoms with Crippen molar-refractivity contribution >= 4 is 26.6 Å². The molecule has 0 saturated carbocycles. The lowest BCUT2D eigenvalue weighted by Crippen LogP contribution is -2.47. The predicted molar refractivity (Wildman–Crippen MR) is 119 cm³/mol. The van der Waals surface area contributed by atoms with E-state index < -0.39 is 9.73 Å². The van der Waals surface area contributed by atoms with Crippen molar-refractivity contribution in [2.45, 2.75) is 25.1 Å². The van der Waals surface area contributed by atoms with Crippen LogP contribution in [0.25, 0.3) is 10.9 Å². The summed E-state index contributed by atoms with van der Waals surface area (Å²) in [5.41, 5.74) is 4.17. The summed E-state index contributed by atoms with van der Waals surface area (Å²) in [4.78, 5) is 18.5. The van der Waals surface area contributed by atoms with Crippen LogP contribution in [0.1, 0.15) is 29.8 Å². The lowest BCUT2D eigenvalue weighted by atomic mass is 10.0. The minimum atomic E-state index is -2.50. The van der Waals surface area contributed by atoms with Gasteiger partial charge in [-0.15, -0.1) is 0 Å². The summed E-state index contributed by atoms with van der Waals surface area (Å²) in [6.07, 6.45) is 4.23. The molecule has 8 heteroatoms. The second-order valence-corrected chi connectivity index (χ2v) is 10.5. The van der Waals surface area contributed by atoms with Gasteiger partial charge >= 0.3 is 0 Å². The highest BCUT2D eigenvalue weighted by Gasteiger charge is 2.26. The maximum Gasteiger partial charge on any atom is 0.225 e. The van der Waals surface area contributed by atoms with Crippen LogP contribution in [0.15, 0.2) is 42.7 Å². The fraction of sp³-hybridized carbons (Fsp3) is 0.409. The van der Waals surface area contributed by atoms with E-state index in [1.807, 2.05) is 12.3 Å². The summed E-state index contributed by atoms with van der Waals surface area (Å²) < 4.78 is 19.9. The van der Waals surface area contributed by atoms with Gasteiger partial charge < -0.3 is 4.90 Å². The number of aryl methyl sites for hydroxylation is 1. The van der Waals surface area contributed by atoms with Crippen molar-refractivity contribution < 1.29 is 4.21 Å². The fourth-order valence-corrected chi connectivity index (χ4v) is 5.78. The molecule has 7 nitrogen and oxygen atoms in total. The summed E-state index contributed by atoms with van der Waals surface area (Å²) in [5.74, 6) is 1.45. The molecule has 0 bridgehead atoms. The highest BCUT2D eigenvalue weighted by Crippen LogP contribution is 2.26. The lowest BCUT2D eigenvalue weighted by molar-refractivity contribution is 0.198. The van der Waals surface area contributed by atoms with Crippen LogP contribution in [0.3, 0.4) is 0 Å². The molecule has 2 aliphatic heterocycles. The summed E-state index contributed by atoms with van der Waals surface area (Å²) in [5, 5.41) is 1.17. The van der Waals surface area contributed by atoms with Crippen molar-refractivity contribution in [3.05, 3.63) is 59.5 Å². The molecule has 2 unspecified atom stereocenters. The first-order valence-corrected chi connectivity index (χ1v) is 12.3. The highest BCUT2D eigenvalue weighted by molar-refractivity contribution is 7.91. The maximum absolute atomic E-state index is 12.0. The Bertz CT molecular complexity index is 1190. The Hall–Kier alpha value is -2.58. The molecule has 1 saturated heterocycles. The number of benzene rings is 1. The Morgan fingerprint density at radius 2 is 1.97 bits per heavy atom. The SMILES string of the molecule is CC(c1ccc2cccnc2c1)N1CCN(c2ncc3c(n2)CCS(=N)(=O)C3)CC1. The number of aromatic nitrogens is 3. The largest absolute Gasteiger partial charge is 0.338 e. The smallest absolute Gasteiger partial charge is 0.225 e. The first kappa shape index (κ1) is 19.4. The van der Waals surface area contributed by atoms with Crippen LogP contribution < -0.4 is 4.90 Å². The number of pyridine rings is 1. The quantitative estimate of drug-likeness (QED) is 0.698. The number of hydrogen-bond donors (Lipinski definition) is 1. The molecule has 0 amide bonds. The third-order valence-corrected chi connectivity index (χ3v) is 7.90. The van der Waals surface area contributed by atoms with Crippen LogP contribution in [0.2, 0.25) is 0 Å². The van der Waals surface area contributed by atoms with Crippen LogP contribution in [0, 0.1) is 4.78 Å². The molecule has 3 aromatic rings. The molecule has 1 N–H and O–H groups in total. The van der Waals surface area contributed by atoms with Gasteiger partial charge in [0.1, 0.15) is 0 Å². The lowest BCUT2D eigenvalue weighted by Gasteiger charge is -2.38. The minimum Gasteiger partial charge on any atom is -0.338 e. The molecule has 0 spiro atoms. The van der Waals surface area contributed by atoms with Gasteiger partial charge in [0.15, 0.2) is 0 Å². The van der Waals surface area contributed by atoms with Crippen LogP contribution >= 0.6 is 0 Å². The summed E-state index contributed by atoms with van der Waals surface area (Å²) in [7, 11) is -2.50.